The van der Waals surface area contributed by atoms with Crippen LogP contribution in [0, 0.1) is 0 Å². The van der Waals surface area contributed by atoms with Crippen molar-refractivity contribution in [2.75, 3.05) is 17.7 Å². The first kappa shape index (κ1) is 17.3. The van der Waals surface area contributed by atoms with Crippen molar-refractivity contribution in [3.05, 3.63) is 42.5 Å². The summed E-state index contributed by atoms with van der Waals surface area (Å²) in [5.74, 6) is -0.614. The second kappa shape index (κ2) is 7.16. The summed E-state index contributed by atoms with van der Waals surface area (Å²) < 4.78 is 38.4. The Labute approximate surface area is 148 Å². The molecule has 0 saturated carbocycles. The minimum absolute atomic E-state index is 0.0144. The molecule has 1 amide bonds. The SMILES string of the molecule is CCOc1ccc(NC(=O)CS(=O)(=O)c2cccc3nsnc23)cc1. The van der Waals surface area contributed by atoms with Crippen molar-refractivity contribution >= 4 is 44.2 Å². The first-order valence-electron chi connectivity index (χ1n) is 7.46. The Balaban J connectivity index is 1.74. The highest BCUT2D eigenvalue weighted by Gasteiger charge is 2.23. The highest BCUT2D eigenvalue weighted by atomic mass is 32.2. The molecule has 0 unspecified atom stereocenters. The van der Waals surface area contributed by atoms with E-state index in [1.807, 2.05) is 6.92 Å². The molecule has 0 aliphatic heterocycles. The number of nitrogens with one attached hydrogen (secondary N) is 1. The molecule has 1 aromatic heterocycles. The van der Waals surface area contributed by atoms with Crippen LogP contribution in [-0.4, -0.2) is 35.4 Å². The van der Waals surface area contributed by atoms with E-state index in [1.54, 1.807) is 36.4 Å². The van der Waals surface area contributed by atoms with Gasteiger partial charge in [-0.3, -0.25) is 4.79 Å². The lowest BCUT2D eigenvalue weighted by molar-refractivity contribution is -0.113. The van der Waals surface area contributed by atoms with Gasteiger partial charge in [0.05, 0.1) is 23.2 Å². The van der Waals surface area contributed by atoms with E-state index in [2.05, 4.69) is 14.1 Å². The normalized spacial score (nSPS) is 11.4. The van der Waals surface area contributed by atoms with E-state index in [0.29, 0.717) is 29.1 Å². The molecule has 0 fully saturated rings. The summed E-state index contributed by atoms with van der Waals surface area (Å²) in [5.41, 5.74) is 1.29. The smallest absolute Gasteiger partial charge is 0.239 e. The molecule has 9 heteroatoms. The molecule has 2 aromatic carbocycles. The van der Waals surface area contributed by atoms with Gasteiger partial charge >= 0.3 is 0 Å². The third-order valence-electron chi connectivity index (χ3n) is 3.35. The first-order chi connectivity index (χ1) is 12.0. The summed E-state index contributed by atoms with van der Waals surface area (Å²) in [7, 11) is -3.83. The monoisotopic (exact) mass is 377 g/mol. The first-order valence-corrected chi connectivity index (χ1v) is 9.84. The van der Waals surface area contributed by atoms with Gasteiger partial charge in [-0.2, -0.15) is 8.75 Å². The molecule has 0 aliphatic rings. The summed E-state index contributed by atoms with van der Waals surface area (Å²) in [5, 5.41) is 2.57. The second-order valence-corrected chi connectivity index (χ2v) is 7.64. The van der Waals surface area contributed by atoms with Crippen LogP contribution in [0.15, 0.2) is 47.4 Å². The van der Waals surface area contributed by atoms with Gasteiger partial charge in [0, 0.05) is 5.69 Å². The van der Waals surface area contributed by atoms with E-state index < -0.39 is 21.5 Å². The Morgan fingerprint density at radius 1 is 1.16 bits per heavy atom. The number of amides is 1. The molecule has 1 N–H and O–H groups in total. The number of fused-ring (bicyclic) bond motifs is 1. The highest BCUT2D eigenvalue weighted by molar-refractivity contribution is 7.92. The number of rotatable bonds is 6. The maximum absolute atomic E-state index is 12.5. The molecule has 0 atom stereocenters. The fourth-order valence-electron chi connectivity index (χ4n) is 2.28. The molecule has 1 heterocycles. The van der Waals surface area contributed by atoms with E-state index in [-0.39, 0.29) is 4.90 Å². The van der Waals surface area contributed by atoms with Crippen LogP contribution in [-0.2, 0) is 14.6 Å². The predicted molar refractivity (Wildman–Crippen MR) is 95.7 cm³/mol. The standard InChI is InChI=1S/C16H15N3O4S2/c1-2-23-12-8-6-11(7-9-12)17-15(20)10-25(21,22)14-5-3-4-13-16(14)19-24-18-13/h3-9H,2,10H2,1H3,(H,17,20). The predicted octanol–water partition coefficient (Wildman–Crippen LogP) is 2.50. The topological polar surface area (TPSA) is 98.2 Å². The maximum atomic E-state index is 12.5. The molecular formula is C16H15N3O4S2. The molecule has 7 nitrogen and oxygen atoms in total. The van der Waals surface area contributed by atoms with Crippen molar-refractivity contribution in [1.29, 1.82) is 0 Å². The van der Waals surface area contributed by atoms with Crippen molar-refractivity contribution in [2.24, 2.45) is 0 Å². The Hall–Kier alpha value is -2.52. The van der Waals surface area contributed by atoms with E-state index in [1.165, 1.54) is 6.07 Å². The van der Waals surface area contributed by atoms with Crippen LogP contribution in [0.4, 0.5) is 5.69 Å². The molecule has 3 rings (SSSR count). The minimum Gasteiger partial charge on any atom is -0.494 e. The van der Waals surface area contributed by atoms with Crippen molar-refractivity contribution in [2.45, 2.75) is 11.8 Å². The van der Waals surface area contributed by atoms with E-state index in [9.17, 15) is 13.2 Å². The van der Waals surface area contributed by atoms with E-state index in [4.69, 9.17) is 4.74 Å². The van der Waals surface area contributed by atoms with Gasteiger partial charge < -0.3 is 10.1 Å². The molecule has 3 aromatic rings. The van der Waals surface area contributed by atoms with Gasteiger partial charge in [0.25, 0.3) is 0 Å². The number of ether oxygens (including phenoxy) is 1. The number of nitrogens with zero attached hydrogens (tertiary/aromatic N) is 2. The lowest BCUT2D eigenvalue weighted by Gasteiger charge is -2.08. The summed E-state index contributed by atoms with van der Waals surface area (Å²) in [6, 6.07) is 11.4. The summed E-state index contributed by atoms with van der Waals surface area (Å²) in [6.07, 6.45) is 0. The molecule has 25 heavy (non-hydrogen) atoms. The number of carbonyl (C=O) groups is 1. The Bertz CT molecular complexity index is 998. The van der Waals surface area contributed by atoms with Crippen LogP contribution in [0.25, 0.3) is 11.0 Å². The van der Waals surface area contributed by atoms with Gasteiger partial charge in [0.1, 0.15) is 22.5 Å². The maximum Gasteiger partial charge on any atom is 0.239 e. The van der Waals surface area contributed by atoms with Gasteiger partial charge in [-0.1, -0.05) is 6.07 Å². The molecule has 0 bridgehead atoms. The number of carbonyl (C=O) groups excluding carboxylic acids is 1. The molecule has 0 saturated heterocycles. The van der Waals surface area contributed by atoms with Crippen molar-refractivity contribution < 1.29 is 17.9 Å². The zero-order valence-electron chi connectivity index (χ0n) is 13.3. The van der Waals surface area contributed by atoms with Crippen LogP contribution in [0.5, 0.6) is 5.75 Å². The van der Waals surface area contributed by atoms with Crippen LogP contribution >= 0.6 is 11.7 Å². The van der Waals surface area contributed by atoms with Crippen molar-refractivity contribution in [3.8, 4) is 5.75 Å². The quantitative estimate of drug-likeness (QED) is 0.709. The minimum atomic E-state index is -3.83. The van der Waals surface area contributed by atoms with Crippen LogP contribution in [0.1, 0.15) is 6.92 Å². The van der Waals surface area contributed by atoms with Crippen molar-refractivity contribution in [1.82, 2.24) is 8.75 Å². The zero-order valence-corrected chi connectivity index (χ0v) is 14.9. The van der Waals surface area contributed by atoms with Crippen molar-refractivity contribution in [3.63, 3.8) is 0 Å². The lowest BCUT2D eigenvalue weighted by atomic mass is 10.3. The molecule has 0 radical (unpaired) electrons. The average molecular weight is 377 g/mol. The van der Waals surface area contributed by atoms with Gasteiger partial charge in [-0.25, -0.2) is 8.42 Å². The zero-order chi connectivity index (χ0) is 17.9. The summed E-state index contributed by atoms with van der Waals surface area (Å²) in [6.45, 7) is 2.42. The fraction of sp³-hybridized carbons (Fsp3) is 0.188. The van der Waals surface area contributed by atoms with E-state index >= 15 is 0 Å². The Morgan fingerprint density at radius 3 is 2.64 bits per heavy atom. The lowest BCUT2D eigenvalue weighted by Crippen LogP contribution is -2.23. The van der Waals surface area contributed by atoms with Crippen LogP contribution < -0.4 is 10.1 Å². The second-order valence-electron chi connectivity index (χ2n) is 5.15. The van der Waals surface area contributed by atoms with Gasteiger partial charge in [0.15, 0.2) is 9.84 Å². The van der Waals surface area contributed by atoms with Gasteiger partial charge in [0.2, 0.25) is 5.91 Å². The van der Waals surface area contributed by atoms with Gasteiger partial charge in [-0.05, 0) is 43.3 Å². The summed E-state index contributed by atoms with van der Waals surface area (Å²) >= 11 is 0.933. The Morgan fingerprint density at radius 2 is 1.92 bits per heavy atom. The van der Waals surface area contributed by atoms with Crippen LogP contribution in [0.3, 0.4) is 0 Å². The average Bonchev–Trinajstić information content (AvgIpc) is 3.04. The third-order valence-corrected chi connectivity index (χ3v) is 5.54. The van der Waals surface area contributed by atoms with Crippen LogP contribution in [0.2, 0.25) is 0 Å². The highest BCUT2D eigenvalue weighted by Crippen LogP contribution is 2.22. The largest absolute Gasteiger partial charge is 0.494 e. The third kappa shape index (κ3) is 3.94. The summed E-state index contributed by atoms with van der Waals surface area (Å²) in [4.78, 5) is 12.1. The number of benzene rings is 2. The van der Waals surface area contributed by atoms with Gasteiger partial charge in [-0.15, -0.1) is 0 Å². The fourth-order valence-corrected chi connectivity index (χ4v) is 4.19. The number of aromatic nitrogens is 2. The molecular weight excluding hydrogens is 362 g/mol. The number of sulfone groups is 1. The number of anilines is 1. The number of hydrogen-bond acceptors (Lipinski definition) is 7. The molecule has 0 aliphatic carbocycles. The number of hydrogen-bond donors (Lipinski definition) is 1. The molecule has 130 valence electrons. The Kier molecular flexibility index (Phi) is 4.95. The molecule has 0 spiro atoms. The van der Waals surface area contributed by atoms with E-state index in [0.717, 1.165) is 11.7 Å².